The van der Waals surface area contributed by atoms with E-state index < -0.39 is 5.54 Å². The van der Waals surface area contributed by atoms with Crippen LogP contribution in [0.15, 0.2) is 42.5 Å². The SMILES string of the molecule is CC(=O)c1cccc(C(C)(C)NC(=O)Nc2ccc(Cl)c(C3OC3N3CCOCC3)c2)c1. The van der Waals surface area contributed by atoms with E-state index >= 15 is 0 Å². The number of carbonyl (C=O) groups excluding carboxylic acids is 2. The number of nitrogens with zero attached hydrogens (tertiary/aromatic N) is 1. The lowest BCUT2D eigenvalue weighted by Gasteiger charge is -2.27. The first-order chi connectivity index (χ1) is 15.2. The maximum atomic E-state index is 12.7. The van der Waals surface area contributed by atoms with Crippen molar-refractivity contribution >= 4 is 29.1 Å². The van der Waals surface area contributed by atoms with Crippen molar-refractivity contribution in [2.75, 3.05) is 31.6 Å². The number of carbonyl (C=O) groups is 2. The maximum Gasteiger partial charge on any atom is 0.319 e. The van der Waals surface area contributed by atoms with Gasteiger partial charge >= 0.3 is 6.03 Å². The number of urea groups is 1. The highest BCUT2D eigenvalue weighted by Gasteiger charge is 2.46. The number of hydrogen-bond acceptors (Lipinski definition) is 5. The number of epoxide rings is 1. The summed E-state index contributed by atoms with van der Waals surface area (Å²) in [6, 6.07) is 12.3. The molecule has 4 rings (SSSR count). The highest BCUT2D eigenvalue weighted by Crippen LogP contribution is 2.44. The van der Waals surface area contributed by atoms with Gasteiger partial charge in [-0.25, -0.2) is 4.79 Å². The molecule has 2 aliphatic rings. The molecule has 0 spiro atoms. The summed E-state index contributed by atoms with van der Waals surface area (Å²) >= 11 is 6.42. The average molecular weight is 458 g/mol. The van der Waals surface area contributed by atoms with Crippen LogP contribution in [-0.2, 0) is 15.0 Å². The van der Waals surface area contributed by atoms with Gasteiger partial charge in [0, 0.05) is 34.9 Å². The molecule has 0 saturated carbocycles. The van der Waals surface area contributed by atoms with Crippen molar-refractivity contribution in [1.29, 1.82) is 0 Å². The van der Waals surface area contributed by atoms with E-state index in [4.69, 9.17) is 21.1 Å². The predicted octanol–water partition coefficient (Wildman–Crippen LogP) is 4.33. The molecule has 2 fully saturated rings. The lowest BCUT2D eigenvalue weighted by atomic mass is 9.92. The van der Waals surface area contributed by atoms with Gasteiger partial charge in [-0.15, -0.1) is 0 Å². The molecule has 7 nitrogen and oxygen atoms in total. The highest BCUT2D eigenvalue weighted by atomic mass is 35.5. The van der Waals surface area contributed by atoms with Crippen LogP contribution in [0.4, 0.5) is 10.5 Å². The molecule has 0 bridgehead atoms. The van der Waals surface area contributed by atoms with Gasteiger partial charge in [0.15, 0.2) is 5.78 Å². The normalized spacial score (nSPS) is 21.1. The van der Waals surface area contributed by atoms with Crippen LogP contribution in [0.2, 0.25) is 5.02 Å². The van der Waals surface area contributed by atoms with E-state index in [1.54, 1.807) is 24.3 Å². The Labute approximate surface area is 193 Å². The van der Waals surface area contributed by atoms with Gasteiger partial charge in [-0.05, 0) is 50.6 Å². The number of anilines is 1. The minimum atomic E-state index is -0.675. The third-order valence-corrected chi connectivity index (χ3v) is 6.20. The number of hydrogen-bond donors (Lipinski definition) is 2. The Morgan fingerprint density at radius 2 is 1.88 bits per heavy atom. The van der Waals surface area contributed by atoms with E-state index in [-0.39, 0.29) is 24.1 Å². The number of benzene rings is 2. The zero-order valence-corrected chi connectivity index (χ0v) is 19.2. The summed E-state index contributed by atoms with van der Waals surface area (Å²) in [6.07, 6.45) is -0.121. The molecule has 2 unspecified atom stereocenters. The molecule has 2 amide bonds. The van der Waals surface area contributed by atoms with Crippen molar-refractivity contribution in [2.24, 2.45) is 0 Å². The predicted molar refractivity (Wildman–Crippen MR) is 123 cm³/mol. The summed E-state index contributed by atoms with van der Waals surface area (Å²) in [4.78, 5) is 26.7. The molecule has 0 aliphatic carbocycles. The van der Waals surface area contributed by atoms with Crippen molar-refractivity contribution in [1.82, 2.24) is 10.2 Å². The van der Waals surface area contributed by atoms with Gasteiger partial charge in [0.05, 0.1) is 18.8 Å². The number of amides is 2. The van der Waals surface area contributed by atoms with Crippen molar-refractivity contribution in [3.05, 3.63) is 64.2 Å². The van der Waals surface area contributed by atoms with Gasteiger partial charge in [-0.3, -0.25) is 9.69 Å². The summed E-state index contributed by atoms with van der Waals surface area (Å²) in [7, 11) is 0. The summed E-state index contributed by atoms with van der Waals surface area (Å²) in [6.45, 7) is 8.38. The number of ether oxygens (including phenoxy) is 2. The van der Waals surface area contributed by atoms with Crippen LogP contribution in [0.1, 0.15) is 48.4 Å². The van der Waals surface area contributed by atoms with E-state index in [0.29, 0.717) is 29.5 Å². The zero-order valence-electron chi connectivity index (χ0n) is 18.5. The van der Waals surface area contributed by atoms with E-state index in [1.807, 2.05) is 32.0 Å². The van der Waals surface area contributed by atoms with E-state index in [2.05, 4.69) is 15.5 Å². The van der Waals surface area contributed by atoms with Crippen LogP contribution in [0.3, 0.4) is 0 Å². The van der Waals surface area contributed by atoms with Crippen molar-refractivity contribution in [3.8, 4) is 0 Å². The molecule has 8 heteroatoms. The van der Waals surface area contributed by atoms with Crippen molar-refractivity contribution in [3.63, 3.8) is 0 Å². The Hall–Kier alpha value is -2.45. The first-order valence-electron chi connectivity index (χ1n) is 10.7. The smallest absolute Gasteiger partial charge is 0.319 e. The van der Waals surface area contributed by atoms with E-state index in [0.717, 1.165) is 24.2 Å². The Kier molecular flexibility index (Phi) is 6.53. The van der Waals surface area contributed by atoms with Gasteiger partial charge in [-0.1, -0.05) is 29.8 Å². The lowest BCUT2D eigenvalue weighted by Crippen LogP contribution is -2.43. The minimum Gasteiger partial charge on any atom is -0.379 e. The molecule has 2 heterocycles. The minimum absolute atomic E-state index is 0.00652. The summed E-state index contributed by atoms with van der Waals surface area (Å²) < 4.78 is 11.3. The van der Waals surface area contributed by atoms with Gasteiger partial charge in [0.1, 0.15) is 12.3 Å². The standard InChI is InChI=1S/C24H28ClN3O4/c1-15(29)16-5-4-6-17(13-16)24(2,3)27-23(30)26-18-7-8-20(25)19(14-18)21-22(32-21)28-9-11-31-12-10-28/h4-8,13-14,21-22H,9-12H2,1-3H3,(H2,26,27,30). The summed E-state index contributed by atoms with van der Waals surface area (Å²) in [5.41, 5.74) is 2.27. The number of morpholine rings is 1. The topological polar surface area (TPSA) is 83.2 Å². The molecule has 170 valence electrons. The monoisotopic (exact) mass is 457 g/mol. The maximum absolute atomic E-state index is 12.7. The molecule has 2 saturated heterocycles. The van der Waals surface area contributed by atoms with Crippen LogP contribution in [0, 0.1) is 0 Å². The number of nitrogens with one attached hydrogen (secondary N) is 2. The number of ketones is 1. The molecule has 0 aromatic heterocycles. The third kappa shape index (κ3) is 5.13. The summed E-state index contributed by atoms with van der Waals surface area (Å²) in [5.74, 6) is -0.0153. The Morgan fingerprint density at radius 3 is 2.59 bits per heavy atom. The van der Waals surface area contributed by atoms with E-state index in [1.165, 1.54) is 6.92 Å². The Morgan fingerprint density at radius 1 is 1.12 bits per heavy atom. The van der Waals surface area contributed by atoms with Crippen molar-refractivity contribution < 1.29 is 19.1 Å². The molecular weight excluding hydrogens is 430 g/mol. The van der Waals surface area contributed by atoms with Crippen LogP contribution >= 0.6 is 11.6 Å². The summed E-state index contributed by atoms with van der Waals surface area (Å²) in [5, 5.41) is 6.47. The van der Waals surface area contributed by atoms with Crippen molar-refractivity contribution in [2.45, 2.75) is 38.6 Å². The highest BCUT2D eigenvalue weighted by molar-refractivity contribution is 6.31. The first kappa shape index (κ1) is 22.7. The fourth-order valence-corrected chi connectivity index (χ4v) is 4.15. The zero-order chi connectivity index (χ0) is 22.9. The fraction of sp³-hybridized carbons (Fsp3) is 0.417. The van der Waals surface area contributed by atoms with Gasteiger partial charge in [0.25, 0.3) is 0 Å². The second-order valence-corrected chi connectivity index (χ2v) is 9.08. The molecule has 0 radical (unpaired) electrons. The van der Waals surface area contributed by atoms with Crippen LogP contribution in [0.5, 0.6) is 0 Å². The van der Waals surface area contributed by atoms with E-state index in [9.17, 15) is 9.59 Å². The molecular formula is C24H28ClN3O4. The van der Waals surface area contributed by atoms with Gasteiger partial charge < -0.3 is 20.1 Å². The average Bonchev–Trinajstić information content (AvgIpc) is 3.56. The molecule has 2 aromatic carbocycles. The number of halogens is 1. The quantitative estimate of drug-likeness (QED) is 0.498. The largest absolute Gasteiger partial charge is 0.379 e. The molecule has 2 atom stereocenters. The van der Waals surface area contributed by atoms with Crippen LogP contribution in [-0.4, -0.2) is 49.2 Å². The lowest BCUT2D eigenvalue weighted by molar-refractivity contribution is 0.0162. The third-order valence-electron chi connectivity index (χ3n) is 5.85. The first-order valence-corrected chi connectivity index (χ1v) is 11.1. The molecule has 2 N–H and O–H groups in total. The molecule has 2 aromatic rings. The Bertz CT molecular complexity index is 1020. The fourth-order valence-electron chi connectivity index (χ4n) is 3.93. The van der Waals surface area contributed by atoms with Gasteiger partial charge in [-0.2, -0.15) is 0 Å². The number of Topliss-reactive ketones (excluding diaryl/α,β-unsaturated/α-hetero) is 1. The second-order valence-electron chi connectivity index (χ2n) is 8.67. The van der Waals surface area contributed by atoms with Crippen LogP contribution < -0.4 is 10.6 Å². The molecule has 32 heavy (non-hydrogen) atoms. The molecule has 2 aliphatic heterocycles. The van der Waals surface area contributed by atoms with Gasteiger partial charge in [0.2, 0.25) is 0 Å². The Balaban J connectivity index is 1.42. The second kappa shape index (κ2) is 9.19. The number of rotatable bonds is 6. The van der Waals surface area contributed by atoms with Crippen LogP contribution in [0.25, 0.3) is 0 Å².